The zero-order valence-electron chi connectivity index (χ0n) is 9.77. The summed E-state index contributed by atoms with van der Waals surface area (Å²) < 4.78 is 6.27. The van der Waals surface area contributed by atoms with Crippen molar-refractivity contribution < 1.29 is 9.53 Å². The normalized spacial score (nSPS) is 10.1. The second-order valence-corrected chi connectivity index (χ2v) is 5.25. The van der Waals surface area contributed by atoms with Crippen LogP contribution in [0.5, 0.6) is 5.75 Å². The number of carbonyl (C=O) groups excluding carboxylic acids is 1. The van der Waals surface area contributed by atoms with E-state index in [0.29, 0.717) is 22.9 Å². The van der Waals surface area contributed by atoms with Gasteiger partial charge in [-0.2, -0.15) is 0 Å². The van der Waals surface area contributed by atoms with E-state index in [0.717, 1.165) is 4.47 Å². The van der Waals surface area contributed by atoms with E-state index in [2.05, 4.69) is 21.2 Å². The van der Waals surface area contributed by atoms with Gasteiger partial charge < -0.3 is 10.1 Å². The van der Waals surface area contributed by atoms with Gasteiger partial charge in [-0.3, -0.25) is 4.79 Å². The van der Waals surface area contributed by atoms with Crippen LogP contribution >= 0.6 is 27.3 Å². The van der Waals surface area contributed by atoms with Gasteiger partial charge in [0.15, 0.2) is 0 Å². The number of carbonyl (C=O) groups is 1. The summed E-state index contributed by atoms with van der Waals surface area (Å²) in [6.07, 6.45) is 0. The average molecular weight is 326 g/mol. The molecule has 1 heterocycles. The molecule has 0 unspecified atom stereocenters. The van der Waals surface area contributed by atoms with E-state index in [1.54, 1.807) is 0 Å². The van der Waals surface area contributed by atoms with Crippen molar-refractivity contribution in [3.8, 4) is 5.75 Å². The first-order chi connectivity index (χ1) is 8.72. The van der Waals surface area contributed by atoms with Gasteiger partial charge >= 0.3 is 0 Å². The molecule has 5 heteroatoms. The first-order valence-electron chi connectivity index (χ1n) is 5.48. The predicted molar refractivity (Wildman–Crippen MR) is 77.6 cm³/mol. The Morgan fingerprint density at radius 3 is 2.83 bits per heavy atom. The molecule has 94 valence electrons. The van der Waals surface area contributed by atoms with Crippen LogP contribution < -0.4 is 10.1 Å². The number of para-hydroxylation sites is 2. The molecule has 1 N–H and O–H groups in total. The molecule has 18 heavy (non-hydrogen) atoms. The highest BCUT2D eigenvalue weighted by Crippen LogP contribution is 2.27. The van der Waals surface area contributed by atoms with E-state index >= 15 is 0 Å². The Morgan fingerprint density at radius 1 is 1.39 bits per heavy atom. The molecule has 0 aliphatic carbocycles. The molecule has 3 nitrogen and oxygen atoms in total. The van der Waals surface area contributed by atoms with Gasteiger partial charge in [0.25, 0.3) is 5.91 Å². The maximum atomic E-state index is 12.1. The maximum Gasteiger partial charge on any atom is 0.266 e. The van der Waals surface area contributed by atoms with Crippen LogP contribution in [-0.2, 0) is 0 Å². The lowest BCUT2D eigenvalue weighted by Crippen LogP contribution is -2.11. The molecule has 0 fully saturated rings. The summed E-state index contributed by atoms with van der Waals surface area (Å²) >= 11 is 4.74. The smallest absolute Gasteiger partial charge is 0.266 e. The minimum atomic E-state index is -0.135. The van der Waals surface area contributed by atoms with Crippen molar-refractivity contribution in [2.45, 2.75) is 6.92 Å². The molecule has 0 aliphatic rings. The molecule has 1 aromatic carbocycles. The maximum absolute atomic E-state index is 12.1. The van der Waals surface area contributed by atoms with Crippen molar-refractivity contribution in [3.63, 3.8) is 0 Å². The molecule has 0 atom stereocenters. The second-order valence-electron chi connectivity index (χ2n) is 3.48. The van der Waals surface area contributed by atoms with Crippen molar-refractivity contribution in [1.29, 1.82) is 0 Å². The lowest BCUT2D eigenvalue weighted by molar-refractivity contribution is 0.102. The Morgan fingerprint density at radius 2 is 2.17 bits per heavy atom. The van der Waals surface area contributed by atoms with E-state index in [9.17, 15) is 4.79 Å². The number of thiophene rings is 1. The van der Waals surface area contributed by atoms with E-state index in [1.165, 1.54) is 11.3 Å². The number of nitrogens with one attached hydrogen (secondary N) is 1. The highest BCUT2D eigenvalue weighted by molar-refractivity contribution is 9.10. The predicted octanol–water partition coefficient (Wildman–Crippen LogP) is 4.16. The zero-order chi connectivity index (χ0) is 13.0. The van der Waals surface area contributed by atoms with E-state index in [1.807, 2.05) is 42.6 Å². The molecule has 1 aromatic heterocycles. The SMILES string of the molecule is CCOc1ccccc1NC(=O)c1sccc1Br. The molecule has 0 aliphatic heterocycles. The Hall–Kier alpha value is -1.33. The molecule has 0 saturated heterocycles. The molecule has 0 bridgehead atoms. The summed E-state index contributed by atoms with van der Waals surface area (Å²) in [7, 11) is 0. The number of benzene rings is 1. The van der Waals surface area contributed by atoms with Crippen LogP contribution in [0.25, 0.3) is 0 Å². The average Bonchev–Trinajstić information content (AvgIpc) is 2.78. The van der Waals surface area contributed by atoms with Crippen LogP contribution in [0.15, 0.2) is 40.2 Å². The number of rotatable bonds is 4. The number of anilines is 1. The zero-order valence-corrected chi connectivity index (χ0v) is 12.2. The van der Waals surface area contributed by atoms with Crippen LogP contribution in [0, 0.1) is 0 Å². The Kier molecular flexibility index (Phi) is 4.38. The van der Waals surface area contributed by atoms with Crippen LogP contribution in [0.1, 0.15) is 16.6 Å². The second kappa shape index (κ2) is 6.02. The third-order valence-electron chi connectivity index (χ3n) is 2.26. The number of halogens is 1. The number of hydrogen-bond acceptors (Lipinski definition) is 3. The number of amides is 1. The Labute approximate surface area is 118 Å². The molecular formula is C13H12BrNO2S. The van der Waals surface area contributed by atoms with Gasteiger partial charge in [-0.15, -0.1) is 11.3 Å². The van der Waals surface area contributed by atoms with Crippen LogP contribution in [0.2, 0.25) is 0 Å². The Balaban J connectivity index is 2.19. The Bertz CT molecular complexity index is 553. The first kappa shape index (κ1) is 13.1. The van der Waals surface area contributed by atoms with Crippen molar-refractivity contribution in [2.75, 3.05) is 11.9 Å². The van der Waals surface area contributed by atoms with Gasteiger partial charge in [-0.05, 0) is 46.4 Å². The third kappa shape index (κ3) is 2.91. The fourth-order valence-corrected chi connectivity index (χ4v) is 2.93. The minimum Gasteiger partial charge on any atom is -0.492 e. The highest BCUT2D eigenvalue weighted by Gasteiger charge is 2.13. The molecule has 2 rings (SSSR count). The van der Waals surface area contributed by atoms with Crippen LogP contribution in [-0.4, -0.2) is 12.5 Å². The third-order valence-corrected chi connectivity index (χ3v) is 4.09. The van der Waals surface area contributed by atoms with Gasteiger partial charge in [-0.25, -0.2) is 0 Å². The van der Waals surface area contributed by atoms with Gasteiger partial charge in [0.05, 0.1) is 12.3 Å². The summed E-state index contributed by atoms with van der Waals surface area (Å²) in [6.45, 7) is 2.48. The molecule has 1 amide bonds. The van der Waals surface area contributed by atoms with Crippen molar-refractivity contribution in [3.05, 3.63) is 45.1 Å². The topological polar surface area (TPSA) is 38.3 Å². The standard InChI is InChI=1S/C13H12BrNO2S/c1-2-17-11-6-4-3-5-10(11)15-13(16)12-9(14)7-8-18-12/h3-8H,2H2,1H3,(H,15,16). The van der Waals surface area contributed by atoms with Crippen LogP contribution in [0.3, 0.4) is 0 Å². The van der Waals surface area contributed by atoms with Crippen molar-refractivity contribution in [1.82, 2.24) is 0 Å². The lowest BCUT2D eigenvalue weighted by atomic mass is 10.3. The van der Waals surface area contributed by atoms with Gasteiger partial charge in [0, 0.05) is 4.47 Å². The molecular weight excluding hydrogens is 314 g/mol. The van der Waals surface area contributed by atoms with Crippen molar-refractivity contribution >= 4 is 38.9 Å². The number of hydrogen-bond donors (Lipinski definition) is 1. The summed E-state index contributed by atoms with van der Waals surface area (Å²) in [5.41, 5.74) is 0.685. The lowest BCUT2D eigenvalue weighted by Gasteiger charge is -2.10. The fraction of sp³-hybridized carbons (Fsp3) is 0.154. The van der Waals surface area contributed by atoms with Gasteiger partial charge in [-0.1, -0.05) is 12.1 Å². The van der Waals surface area contributed by atoms with Gasteiger partial charge in [0.2, 0.25) is 0 Å². The minimum absolute atomic E-state index is 0.135. The largest absolute Gasteiger partial charge is 0.492 e. The first-order valence-corrected chi connectivity index (χ1v) is 7.15. The summed E-state index contributed by atoms with van der Waals surface area (Å²) in [4.78, 5) is 12.7. The monoisotopic (exact) mass is 325 g/mol. The quantitative estimate of drug-likeness (QED) is 0.916. The summed E-state index contributed by atoms with van der Waals surface area (Å²) in [5.74, 6) is 0.546. The van der Waals surface area contributed by atoms with E-state index < -0.39 is 0 Å². The van der Waals surface area contributed by atoms with Crippen molar-refractivity contribution in [2.24, 2.45) is 0 Å². The fourth-order valence-electron chi connectivity index (χ4n) is 1.49. The molecule has 0 spiro atoms. The molecule has 0 radical (unpaired) electrons. The van der Waals surface area contributed by atoms with E-state index in [4.69, 9.17) is 4.74 Å². The summed E-state index contributed by atoms with van der Waals surface area (Å²) in [5, 5.41) is 4.72. The summed E-state index contributed by atoms with van der Waals surface area (Å²) in [6, 6.07) is 9.25. The molecule has 2 aromatic rings. The molecule has 0 saturated carbocycles. The highest BCUT2D eigenvalue weighted by atomic mass is 79.9. The van der Waals surface area contributed by atoms with Gasteiger partial charge in [0.1, 0.15) is 10.6 Å². The number of ether oxygens (including phenoxy) is 1. The van der Waals surface area contributed by atoms with Crippen LogP contribution in [0.4, 0.5) is 5.69 Å². The van der Waals surface area contributed by atoms with E-state index in [-0.39, 0.29) is 5.91 Å².